The SMILES string of the molecule is C[C@@H]1O[C@H](O[C@H]2C(OC3O[C@H](CO)[C@H](O)[C@H](OC(CC4CCCCC4)C(=O)O)[C@H]3OC(=O)c3ccccc3)C[C@H](C(=O)NCCNC(=O)COCCOCC(=O)Nc3ccc(-c4ccc(C(=O)OS(=O)(=O)c5cc(S(=O)(=O)O)cc6cc(S(=O)(=O)O)cc(N)c56)cc4)cc3)C[C@@H]2NC(=O)c2cc(=O)[nH]c(=O)[nH]2)[C@@H](O)[C@H](O)[C@@H]1O. The molecule has 5 aromatic carbocycles. The smallest absolute Gasteiger partial charge is 0.354 e. The number of aliphatic carboxylic acids is 1. The van der Waals surface area contributed by atoms with Gasteiger partial charge in [-0.2, -0.15) is 25.3 Å². The Hall–Kier alpha value is -9.58. The summed E-state index contributed by atoms with van der Waals surface area (Å²) in [6.07, 6.45) is -19.9. The number of hydrogen-bond acceptors (Lipinski definition) is 30. The van der Waals surface area contributed by atoms with Gasteiger partial charge in [0.1, 0.15) is 66.5 Å². The molecule has 16 N–H and O–H groups in total. The Morgan fingerprint density at radius 3 is 1.90 bits per heavy atom. The molecule has 2 aliphatic heterocycles. The minimum absolute atomic E-state index is 0.0268. The first-order valence-corrected chi connectivity index (χ1v) is 39.6. The average Bonchev–Trinajstić information content (AvgIpc) is 0.754. The molecule has 0 radical (unpaired) electrons. The maximum Gasteiger partial charge on any atom is 0.354 e. The molecule has 6 aromatic rings. The number of fused-ring (bicyclic) bond motifs is 1. The fourth-order valence-electron chi connectivity index (χ4n) is 13.4. The summed E-state index contributed by atoms with van der Waals surface area (Å²) in [6, 6.07) is 20.7. The van der Waals surface area contributed by atoms with Gasteiger partial charge in [-0.1, -0.05) is 74.6 Å². The molecule has 2 aliphatic carbocycles. The molecule has 2 saturated heterocycles. The molecule has 4 amide bonds. The van der Waals surface area contributed by atoms with Crippen LogP contribution in [0.2, 0.25) is 0 Å². The van der Waals surface area contributed by atoms with Crippen molar-refractivity contribution in [3.8, 4) is 11.1 Å². The summed E-state index contributed by atoms with van der Waals surface area (Å²) in [5.41, 5.74) is 3.74. The van der Waals surface area contributed by atoms with Crippen LogP contribution in [0, 0.1) is 11.8 Å². The highest BCUT2D eigenvalue weighted by atomic mass is 32.2. The molecule has 0 spiro atoms. The lowest BCUT2D eigenvalue weighted by Gasteiger charge is -2.48. The zero-order chi connectivity index (χ0) is 81.8. The average molecular weight is 1640 g/mol. The van der Waals surface area contributed by atoms with Crippen molar-refractivity contribution in [2.24, 2.45) is 11.8 Å². The van der Waals surface area contributed by atoms with Gasteiger partial charge >= 0.3 is 33.7 Å². The third-order valence-electron chi connectivity index (χ3n) is 19.1. The van der Waals surface area contributed by atoms with E-state index in [4.69, 9.17) is 47.8 Å². The Balaban J connectivity index is 0.746. The Kier molecular flexibility index (Phi) is 28.6. The number of nitrogen functional groups attached to an aromatic ring is 1. The Morgan fingerprint density at radius 1 is 0.655 bits per heavy atom. The van der Waals surface area contributed by atoms with Gasteiger partial charge in [-0.05, 0) is 109 Å². The first kappa shape index (κ1) is 85.8. The number of carboxylic acid groups (broad SMARTS) is 1. The number of carbonyl (C=O) groups excluding carboxylic acids is 6. The molecule has 4 aliphatic rings. The lowest BCUT2D eigenvalue weighted by atomic mass is 9.80. The first-order valence-electron chi connectivity index (χ1n) is 35.3. The quantitative estimate of drug-likeness (QED) is 0.00842. The number of aromatic amines is 2. The molecule has 15 atom stereocenters. The van der Waals surface area contributed by atoms with Gasteiger partial charge in [0.15, 0.2) is 24.8 Å². The van der Waals surface area contributed by atoms with Crippen LogP contribution in [-0.2, 0) is 91.6 Å². The number of rotatable bonds is 32. The van der Waals surface area contributed by atoms with Gasteiger partial charge in [-0.15, -0.1) is 0 Å². The highest BCUT2D eigenvalue weighted by molar-refractivity contribution is 7.88. The summed E-state index contributed by atoms with van der Waals surface area (Å²) in [4.78, 5) is 121. The molecule has 2 saturated carbocycles. The number of esters is 1. The van der Waals surface area contributed by atoms with Crippen LogP contribution < -0.4 is 38.2 Å². The first-order chi connectivity index (χ1) is 53.5. The summed E-state index contributed by atoms with van der Waals surface area (Å²) < 4.78 is 147. The monoisotopic (exact) mass is 1640 g/mol. The second kappa shape index (κ2) is 37.6. The molecule has 10 rings (SSSR count). The molecule has 612 valence electrons. The topological polar surface area (TPSA) is 607 Å². The van der Waals surface area contributed by atoms with Crippen LogP contribution in [0.5, 0.6) is 0 Å². The number of anilines is 2. The molecule has 4 fully saturated rings. The van der Waals surface area contributed by atoms with E-state index in [0.717, 1.165) is 25.3 Å². The van der Waals surface area contributed by atoms with Crippen molar-refractivity contribution in [2.75, 3.05) is 57.2 Å². The molecule has 42 heteroatoms. The number of aliphatic hydroxyl groups is 5. The number of ether oxygens (including phenoxy) is 8. The molecule has 39 nitrogen and oxygen atoms in total. The van der Waals surface area contributed by atoms with E-state index in [1.54, 1.807) is 18.2 Å². The van der Waals surface area contributed by atoms with E-state index >= 15 is 0 Å². The predicted octanol–water partition coefficient (Wildman–Crippen LogP) is -0.372. The third-order valence-corrected chi connectivity index (χ3v) is 22.0. The van der Waals surface area contributed by atoms with Crippen LogP contribution in [0.25, 0.3) is 21.9 Å². The van der Waals surface area contributed by atoms with Crippen molar-refractivity contribution < 1.29 is 141 Å². The number of aromatic nitrogens is 2. The Morgan fingerprint density at radius 2 is 1.27 bits per heavy atom. The molecular weight excluding hydrogens is 1560 g/mol. The lowest BCUT2D eigenvalue weighted by molar-refractivity contribution is -0.347. The number of nitrogens with one attached hydrogen (secondary N) is 6. The molecule has 3 heterocycles. The van der Waals surface area contributed by atoms with Gasteiger partial charge in [0.05, 0.1) is 59.0 Å². The number of benzene rings is 5. The number of carbonyl (C=O) groups is 7. The van der Waals surface area contributed by atoms with Crippen molar-refractivity contribution in [1.82, 2.24) is 25.9 Å². The maximum atomic E-state index is 14.5. The van der Waals surface area contributed by atoms with Gasteiger partial charge in [0, 0.05) is 41.8 Å². The summed E-state index contributed by atoms with van der Waals surface area (Å²) in [7, 11) is -15.4. The van der Waals surface area contributed by atoms with Crippen molar-refractivity contribution in [2.45, 2.75) is 159 Å². The second-order valence-corrected chi connectivity index (χ2v) is 31.4. The minimum Gasteiger partial charge on any atom is -0.479 e. The van der Waals surface area contributed by atoms with Crippen LogP contribution in [0.15, 0.2) is 133 Å². The molecule has 113 heavy (non-hydrogen) atoms. The van der Waals surface area contributed by atoms with Crippen molar-refractivity contribution in [1.29, 1.82) is 0 Å². The predicted molar refractivity (Wildman–Crippen MR) is 387 cm³/mol. The summed E-state index contributed by atoms with van der Waals surface area (Å²) in [5, 5.41) is 75.7. The van der Waals surface area contributed by atoms with E-state index in [1.165, 1.54) is 67.6 Å². The van der Waals surface area contributed by atoms with Crippen molar-refractivity contribution >= 4 is 94.0 Å². The zero-order valence-corrected chi connectivity index (χ0v) is 62.4. The van der Waals surface area contributed by atoms with Crippen LogP contribution in [0.4, 0.5) is 11.4 Å². The van der Waals surface area contributed by atoms with E-state index in [9.17, 15) is 108 Å². The second-order valence-electron chi connectivity index (χ2n) is 27.1. The standard InChI is InChI=1S/C71H83N7O32S3/c1-35-57(83)59(85)60(86)69(104-35)109-61-47(76-65(88)48-31-53(80)78-71(93)77-48)27-42(28-49(61)106-70-63(108-67(91)39-10-6-3-7-11-39)62(58(84)51(32-79)107-70)105-50(66(89)90)24-36-8-4-2-5-9-36)64(87)74-21-20-73-54(81)33-102-22-23-103-34-55(82)75-43-18-16-38(17-19-43)37-12-14-40(15-13-37)68(92)110-113(100,101)52-30-45(112(97,98)99)26-41-25-44(111(94,95)96)29-46(72)56(41)52/h3,6-7,10-19,25-26,29-31,35-36,42,47,49-51,57-63,69-70,79,83-86H,2,4-5,8-9,20-24,27-28,32-34,72H2,1H3,(H,73,81)(H,74,87)(H,75,82)(H,76,88)(H,89,90)(H,94,95,96)(H,97,98,99)(H2,77,78,80,93)/t35-,42+,47-,49?,50?,51+,57+,58-,59+,60-,61+,62-,63+,69+,70?/m0/s1. The maximum absolute atomic E-state index is 14.5. The normalized spacial score (nSPS) is 24.6. The molecular formula is C71H83N7O32S3. The van der Waals surface area contributed by atoms with Gasteiger partial charge in [0.25, 0.3) is 31.7 Å². The summed E-state index contributed by atoms with van der Waals surface area (Å²) in [5.74, 6) is -8.42. The van der Waals surface area contributed by atoms with E-state index in [2.05, 4.69) is 26.3 Å². The third kappa shape index (κ3) is 22.3. The van der Waals surface area contributed by atoms with E-state index in [-0.39, 0.29) is 49.8 Å². The van der Waals surface area contributed by atoms with Crippen molar-refractivity contribution in [3.63, 3.8) is 0 Å². The van der Waals surface area contributed by atoms with Gasteiger partial charge in [-0.3, -0.25) is 38.1 Å². The lowest BCUT2D eigenvalue weighted by Crippen LogP contribution is -2.65. The fraction of sp³-hybridized carbons (Fsp3) is 0.451. The number of nitrogens with two attached hydrogens (primary N) is 1. The van der Waals surface area contributed by atoms with Crippen molar-refractivity contribution in [3.05, 3.63) is 147 Å². The molecule has 1 aromatic heterocycles. The number of hydrogen-bond donors (Lipinski definition) is 15. The molecule has 0 bridgehead atoms. The van der Waals surface area contributed by atoms with Crippen LogP contribution in [0.1, 0.15) is 89.5 Å². The summed E-state index contributed by atoms with van der Waals surface area (Å²) in [6.45, 7) is -1.37. The van der Waals surface area contributed by atoms with Gasteiger partial charge < -0.3 is 105 Å². The van der Waals surface area contributed by atoms with Crippen LogP contribution >= 0.6 is 0 Å². The van der Waals surface area contributed by atoms with E-state index in [1.807, 2.05) is 4.98 Å². The number of carboxylic acids is 1. The summed E-state index contributed by atoms with van der Waals surface area (Å²) >= 11 is 0. The highest BCUT2D eigenvalue weighted by Crippen LogP contribution is 2.40. The number of aliphatic hydroxyl groups excluding tert-OH is 5. The van der Waals surface area contributed by atoms with Gasteiger partial charge in [0.2, 0.25) is 17.7 Å². The number of amides is 4. The van der Waals surface area contributed by atoms with E-state index < -0.39 is 244 Å². The largest absolute Gasteiger partial charge is 0.479 e. The zero-order valence-electron chi connectivity index (χ0n) is 59.9. The molecule has 3 unspecified atom stereocenters. The van der Waals surface area contributed by atoms with Gasteiger partial charge in [-0.25, -0.2) is 19.2 Å². The Bertz CT molecular complexity index is 4880. The van der Waals surface area contributed by atoms with E-state index in [0.29, 0.717) is 53.9 Å². The van der Waals surface area contributed by atoms with Crippen LogP contribution in [-0.4, -0.2) is 248 Å². The minimum atomic E-state index is -5.27. The Labute approximate surface area is 643 Å². The fourth-order valence-corrected chi connectivity index (χ4v) is 15.7. The highest BCUT2D eigenvalue weighted by Gasteiger charge is 2.55. The van der Waals surface area contributed by atoms with Crippen LogP contribution in [0.3, 0.4) is 0 Å². The number of H-pyrrole nitrogens is 2.